The van der Waals surface area contributed by atoms with Crippen LogP contribution in [0.2, 0.25) is 5.02 Å². The van der Waals surface area contributed by atoms with Gasteiger partial charge in [-0.1, -0.05) is 18.5 Å². The van der Waals surface area contributed by atoms with E-state index >= 15 is 0 Å². The van der Waals surface area contributed by atoms with E-state index in [0.29, 0.717) is 25.9 Å². The van der Waals surface area contributed by atoms with E-state index < -0.39 is 15.8 Å². The number of benzene rings is 1. The quantitative estimate of drug-likeness (QED) is 0.652. The highest BCUT2D eigenvalue weighted by atomic mass is 35.5. The third kappa shape index (κ3) is 5.79. The maximum atomic E-state index is 13.2. The van der Waals surface area contributed by atoms with E-state index in [1.165, 1.54) is 10.4 Å². The molecule has 26 heavy (non-hydrogen) atoms. The summed E-state index contributed by atoms with van der Waals surface area (Å²) in [6, 6.07) is 3.36. The summed E-state index contributed by atoms with van der Waals surface area (Å²) in [5.41, 5.74) is 0. The molecule has 1 aliphatic rings. The first-order valence-corrected chi connectivity index (χ1v) is 10.1. The summed E-state index contributed by atoms with van der Waals surface area (Å²) in [6.07, 6.45) is 0.919. The third-order valence-corrected chi connectivity index (χ3v) is 6.39. The van der Waals surface area contributed by atoms with Crippen LogP contribution < -0.4 is 10.6 Å². The molecule has 1 aromatic rings. The summed E-state index contributed by atoms with van der Waals surface area (Å²) in [7, 11) is -3.73. The predicted octanol–water partition coefficient (Wildman–Crippen LogP) is 2.03. The van der Waals surface area contributed by atoms with Gasteiger partial charge in [0.15, 0.2) is 0 Å². The number of hydrogen-bond acceptors (Lipinski definition) is 4. The fourth-order valence-corrected chi connectivity index (χ4v) is 4.48. The van der Waals surface area contributed by atoms with Gasteiger partial charge in [-0.3, -0.25) is 4.79 Å². The topological polar surface area (TPSA) is 78.5 Å². The normalized spacial score (nSPS) is 16.1. The molecule has 2 N–H and O–H groups in total. The van der Waals surface area contributed by atoms with Gasteiger partial charge in [0.05, 0.1) is 9.92 Å². The molecule has 10 heteroatoms. The summed E-state index contributed by atoms with van der Waals surface area (Å²) in [6.45, 7) is 4.61. The molecule has 0 unspecified atom stereocenters. The van der Waals surface area contributed by atoms with Crippen LogP contribution in [0.4, 0.5) is 4.39 Å². The molecule has 2 rings (SSSR count). The van der Waals surface area contributed by atoms with Crippen molar-refractivity contribution in [3.8, 4) is 0 Å². The molecule has 1 saturated heterocycles. The van der Waals surface area contributed by atoms with Gasteiger partial charge >= 0.3 is 0 Å². The van der Waals surface area contributed by atoms with Gasteiger partial charge in [0, 0.05) is 32.1 Å². The van der Waals surface area contributed by atoms with Crippen molar-refractivity contribution in [2.75, 3.05) is 32.7 Å². The molecule has 0 saturated carbocycles. The Labute approximate surface area is 164 Å². The van der Waals surface area contributed by atoms with Crippen LogP contribution in [0, 0.1) is 11.7 Å². The van der Waals surface area contributed by atoms with Gasteiger partial charge in [0.2, 0.25) is 15.9 Å². The van der Waals surface area contributed by atoms with Crippen LogP contribution in [-0.2, 0) is 14.8 Å². The summed E-state index contributed by atoms with van der Waals surface area (Å²) in [5, 5.41) is 5.75. The van der Waals surface area contributed by atoms with Crippen molar-refractivity contribution in [1.29, 1.82) is 0 Å². The predicted molar refractivity (Wildman–Crippen MR) is 102 cm³/mol. The number of hydrogen-bond donors (Lipinski definition) is 2. The standard InChI is InChI=1S/C16H23ClFN3O3S.ClH/c1-2-19-7-8-20-16(22)12-5-9-21(10-6-12)25(23,24)13-3-4-15(18)14(17)11-13;/h3-4,11-12,19H,2,5-10H2,1H3,(H,20,22);1H. The number of nitrogens with one attached hydrogen (secondary N) is 2. The summed E-state index contributed by atoms with van der Waals surface area (Å²) in [4.78, 5) is 12.1. The minimum Gasteiger partial charge on any atom is -0.355 e. The number of amides is 1. The molecule has 1 amide bonds. The van der Waals surface area contributed by atoms with Crippen molar-refractivity contribution in [1.82, 2.24) is 14.9 Å². The molecule has 0 bridgehead atoms. The highest BCUT2D eigenvalue weighted by Gasteiger charge is 2.32. The van der Waals surface area contributed by atoms with Gasteiger partial charge in [-0.25, -0.2) is 12.8 Å². The highest BCUT2D eigenvalue weighted by molar-refractivity contribution is 7.89. The van der Waals surface area contributed by atoms with E-state index in [1.54, 1.807) is 0 Å². The van der Waals surface area contributed by atoms with Gasteiger partial charge in [-0.15, -0.1) is 12.4 Å². The van der Waals surface area contributed by atoms with Gasteiger partial charge in [0.25, 0.3) is 0 Å². The first-order valence-electron chi connectivity index (χ1n) is 8.30. The molecule has 0 aromatic heterocycles. The lowest BCUT2D eigenvalue weighted by Crippen LogP contribution is -2.44. The minimum atomic E-state index is -3.73. The number of carbonyl (C=O) groups excluding carboxylic acids is 1. The van der Waals surface area contributed by atoms with Crippen LogP contribution in [-0.4, -0.2) is 51.4 Å². The van der Waals surface area contributed by atoms with Crippen LogP contribution in [0.3, 0.4) is 0 Å². The zero-order valence-corrected chi connectivity index (χ0v) is 16.9. The number of sulfonamides is 1. The molecule has 1 heterocycles. The largest absolute Gasteiger partial charge is 0.355 e. The average molecular weight is 428 g/mol. The zero-order chi connectivity index (χ0) is 18.4. The van der Waals surface area contributed by atoms with E-state index in [-0.39, 0.29) is 47.2 Å². The Morgan fingerprint density at radius 2 is 1.96 bits per heavy atom. The highest BCUT2D eigenvalue weighted by Crippen LogP contribution is 2.26. The van der Waals surface area contributed by atoms with Gasteiger partial charge < -0.3 is 10.6 Å². The maximum absolute atomic E-state index is 13.2. The Bertz CT molecular complexity index is 711. The molecule has 148 valence electrons. The Hall–Kier alpha value is -0.930. The summed E-state index contributed by atoms with van der Waals surface area (Å²) >= 11 is 5.68. The number of likely N-dealkylation sites (N-methyl/N-ethyl adjacent to an activating group) is 1. The van der Waals surface area contributed by atoms with E-state index in [9.17, 15) is 17.6 Å². The van der Waals surface area contributed by atoms with Gasteiger partial charge in [-0.2, -0.15) is 4.31 Å². The fourth-order valence-electron chi connectivity index (χ4n) is 2.74. The molecule has 0 radical (unpaired) electrons. The summed E-state index contributed by atoms with van der Waals surface area (Å²) in [5.74, 6) is -0.891. The first-order chi connectivity index (χ1) is 11.9. The van der Waals surface area contributed by atoms with Crippen molar-refractivity contribution in [2.45, 2.75) is 24.7 Å². The summed E-state index contributed by atoms with van der Waals surface area (Å²) < 4.78 is 39.8. The Morgan fingerprint density at radius 3 is 2.54 bits per heavy atom. The Morgan fingerprint density at radius 1 is 1.31 bits per heavy atom. The van der Waals surface area contributed by atoms with Crippen LogP contribution in [0.25, 0.3) is 0 Å². The number of halogens is 3. The van der Waals surface area contributed by atoms with E-state index in [1.807, 2.05) is 6.92 Å². The van der Waals surface area contributed by atoms with E-state index in [0.717, 1.165) is 18.7 Å². The SMILES string of the molecule is CCNCCNC(=O)C1CCN(S(=O)(=O)c2ccc(F)c(Cl)c2)CC1.Cl. The van der Waals surface area contributed by atoms with Crippen molar-refractivity contribution in [3.05, 3.63) is 29.0 Å². The van der Waals surface area contributed by atoms with Crippen LogP contribution >= 0.6 is 24.0 Å². The number of nitrogens with zero attached hydrogens (tertiary/aromatic N) is 1. The first kappa shape index (κ1) is 23.1. The minimum absolute atomic E-state index is 0. The second-order valence-electron chi connectivity index (χ2n) is 5.90. The second kappa shape index (κ2) is 10.4. The maximum Gasteiger partial charge on any atom is 0.243 e. The van der Waals surface area contributed by atoms with Gasteiger partial charge in [0.1, 0.15) is 5.82 Å². The lowest BCUT2D eigenvalue weighted by Gasteiger charge is -2.30. The lowest BCUT2D eigenvalue weighted by atomic mass is 9.97. The molecule has 1 fully saturated rings. The van der Waals surface area contributed by atoms with Crippen molar-refractivity contribution < 1.29 is 17.6 Å². The molecule has 1 aliphatic heterocycles. The number of carbonyl (C=O) groups is 1. The molecule has 0 aliphatic carbocycles. The molecular weight excluding hydrogens is 404 g/mol. The number of piperidine rings is 1. The van der Waals surface area contributed by atoms with Crippen molar-refractivity contribution >= 4 is 39.9 Å². The van der Waals surface area contributed by atoms with Crippen molar-refractivity contribution in [2.24, 2.45) is 5.92 Å². The number of rotatable bonds is 7. The molecule has 1 aromatic carbocycles. The van der Waals surface area contributed by atoms with Gasteiger partial charge in [-0.05, 0) is 37.6 Å². The zero-order valence-electron chi connectivity index (χ0n) is 14.5. The van der Waals surface area contributed by atoms with E-state index in [4.69, 9.17) is 11.6 Å². The van der Waals surface area contributed by atoms with Crippen LogP contribution in [0.1, 0.15) is 19.8 Å². The fraction of sp³-hybridized carbons (Fsp3) is 0.562. The molecule has 0 spiro atoms. The lowest BCUT2D eigenvalue weighted by molar-refractivity contribution is -0.126. The molecule has 0 atom stereocenters. The van der Waals surface area contributed by atoms with Crippen molar-refractivity contribution in [3.63, 3.8) is 0 Å². The van der Waals surface area contributed by atoms with Crippen LogP contribution in [0.5, 0.6) is 0 Å². The average Bonchev–Trinajstić information content (AvgIpc) is 2.61. The monoisotopic (exact) mass is 427 g/mol. The molecule has 6 nitrogen and oxygen atoms in total. The Kier molecular flexibility index (Phi) is 9.26. The second-order valence-corrected chi connectivity index (χ2v) is 8.24. The third-order valence-electron chi connectivity index (χ3n) is 4.20. The Balaban J connectivity index is 0.00000338. The molecular formula is C16H24Cl2FN3O3S. The van der Waals surface area contributed by atoms with E-state index in [2.05, 4.69) is 10.6 Å². The van der Waals surface area contributed by atoms with Crippen LogP contribution in [0.15, 0.2) is 23.1 Å². The smallest absolute Gasteiger partial charge is 0.243 e.